The van der Waals surface area contributed by atoms with Gasteiger partial charge in [-0.15, -0.1) is 0 Å². The number of amides is 2. The van der Waals surface area contributed by atoms with Crippen LogP contribution in [0.15, 0.2) is 24.3 Å². The van der Waals surface area contributed by atoms with E-state index in [4.69, 9.17) is 0 Å². The van der Waals surface area contributed by atoms with Crippen molar-refractivity contribution in [1.82, 2.24) is 10.6 Å². The van der Waals surface area contributed by atoms with Gasteiger partial charge in [-0.25, -0.2) is 0 Å². The van der Waals surface area contributed by atoms with Crippen LogP contribution in [0.3, 0.4) is 0 Å². The molecule has 1 unspecified atom stereocenters. The van der Waals surface area contributed by atoms with Gasteiger partial charge in [-0.1, -0.05) is 12.1 Å². The zero-order valence-corrected chi connectivity index (χ0v) is 14.7. The van der Waals surface area contributed by atoms with E-state index in [1.165, 1.54) is 24.3 Å². The van der Waals surface area contributed by atoms with Gasteiger partial charge in [0.2, 0.25) is 5.91 Å². The quantitative estimate of drug-likeness (QED) is 0.820. The molecule has 0 radical (unpaired) electrons. The molecule has 0 fully saturated rings. The molecule has 0 aliphatic rings. The lowest BCUT2D eigenvalue weighted by Gasteiger charge is -2.23. The van der Waals surface area contributed by atoms with Gasteiger partial charge >= 0.3 is 6.18 Å². The lowest BCUT2D eigenvalue weighted by atomic mass is 10.1. The third-order valence-corrected chi connectivity index (χ3v) is 2.99. The average Bonchev–Trinajstić information content (AvgIpc) is 2.44. The number of hydrogen-bond acceptors (Lipinski definition) is 3. The summed E-state index contributed by atoms with van der Waals surface area (Å²) in [6.45, 7) is 5.54. The molecule has 1 aromatic carbocycles. The molecule has 0 bridgehead atoms. The van der Waals surface area contributed by atoms with E-state index in [2.05, 4.69) is 15.4 Å². The minimum Gasteiger partial charge on any atom is -0.367 e. The molecule has 1 atom stereocenters. The normalized spacial score (nSPS) is 13.2. The van der Waals surface area contributed by atoms with E-state index in [1.54, 1.807) is 6.92 Å². The molecule has 2 N–H and O–H groups in total. The number of carbonyl (C=O) groups is 2. The van der Waals surface area contributed by atoms with Crippen molar-refractivity contribution in [3.05, 3.63) is 35.4 Å². The molecule has 2 amide bonds. The predicted molar refractivity (Wildman–Crippen MR) is 87.0 cm³/mol. The monoisotopic (exact) mass is 360 g/mol. The van der Waals surface area contributed by atoms with Crippen LogP contribution in [0.5, 0.6) is 0 Å². The van der Waals surface area contributed by atoms with Gasteiger partial charge in [-0.2, -0.15) is 13.2 Å². The maximum absolute atomic E-state index is 12.1. The second kappa shape index (κ2) is 8.33. The van der Waals surface area contributed by atoms with Crippen molar-refractivity contribution in [3.8, 4) is 0 Å². The van der Waals surface area contributed by atoms with E-state index in [0.29, 0.717) is 11.1 Å². The highest BCUT2D eigenvalue weighted by Crippen LogP contribution is 2.15. The summed E-state index contributed by atoms with van der Waals surface area (Å²) in [7, 11) is 0. The van der Waals surface area contributed by atoms with Crippen LogP contribution < -0.4 is 10.6 Å². The fourth-order valence-electron chi connectivity index (χ4n) is 1.86. The first-order valence-electron chi connectivity index (χ1n) is 7.74. The molecule has 25 heavy (non-hydrogen) atoms. The van der Waals surface area contributed by atoms with Gasteiger partial charge in [0.25, 0.3) is 5.91 Å². The Hall–Kier alpha value is -2.09. The van der Waals surface area contributed by atoms with Crippen LogP contribution in [0.4, 0.5) is 13.2 Å². The molecular weight excluding hydrogens is 337 g/mol. The van der Waals surface area contributed by atoms with Crippen molar-refractivity contribution in [2.24, 2.45) is 0 Å². The van der Waals surface area contributed by atoms with E-state index < -0.39 is 30.3 Å². The minimum absolute atomic E-state index is 0.203. The van der Waals surface area contributed by atoms with Crippen LogP contribution in [0.1, 0.15) is 43.6 Å². The average molecular weight is 360 g/mol. The Bertz CT molecular complexity index is 593. The van der Waals surface area contributed by atoms with Crippen LogP contribution in [0.25, 0.3) is 0 Å². The number of benzene rings is 1. The Morgan fingerprint density at radius 2 is 1.68 bits per heavy atom. The standard InChI is InChI=1S/C17H23F3N2O3/c1-11(14(23)22-16(2,3)4)21-15(24)13-7-5-12(6-8-13)9-25-10-17(18,19)20/h5-8,11H,9-10H2,1-4H3,(H,21,24)(H,22,23). The molecular formula is C17H23F3N2O3. The molecule has 0 saturated heterocycles. The summed E-state index contributed by atoms with van der Waals surface area (Å²) < 4.78 is 40.6. The van der Waals surface area contributed by atoms with Gasteiger partial charge in [0.15, 0.2) is 0 Å². The molecule has 8 heteroatoms. The Morgan fingerprint density at radius 1 is 1.12 bits per heavy atom. The van der Waals surface area contributed by atoms with Crippen molar-refractivity contribution < 1.29 is 27.5 Å². The predicted octanol–water partition coefficient (Wildman–Crippen LogP) is 2.80. The smallest absolute Gasteiger partial charge is 0.367 e. The summed E-state index contributed by atoms with van der Waals surface area (Å²) in [6, 6.07) is 5.23. The topological polar surface area (TPSA) is 67.4 Å². The summed E-state index contributed by atoms with van der Waals surface area (Å²) in [6.07, 6.45) is -4.37. The highest BCUT2D eigenvalue weighted by molar-refractivity contribution is 5.97. The fraction of sp³-hybridized carbons (Fsp3) is 0.529. The molecule has 1 aromatic rings. The molecule has 1 rings (SSSR count). The lowest BCUT2D eigenvalue weighted by Crippen LogP contribution is -2.50. The van der Waals surface area contributed by atoms with E-state index in [9.17, 15) is 22.8 Å². The van der Waals surface area contributed by atoms with Crippen LogP contribution in [0.2, 0.25) is 0 Å². The number of hydrogen-bond donors (Lipinski definition) is 2. The highest BCUT2D eigenvalue weighted by Gasteiger charge is 2.27. The van der Waals surface area contributed by atoms with E-state index in [1.807, 2.05) is 20.8 Å². The third kappa shape index (κ3) is 8.53. The fourth-order valence-corrected chi connectivity index (χ4v) is 1.86. The van der Waals surface area contributed by atoms with Gasteiger partial charge in [0.1, 0.15) is 12.6 Å². The van der Waals surface area contributed by atoms with Gasteiger partial charge < -0.3 is 15.4 Å². The number of nitrogens with one attached hydrogen (secondary N) is 2. The third-order valence-electron chi connectivity index (χ3n) is 2.99. The zero-order valence-electron chi connectivity index (χ0n) is 14.7. The van der Waals surface area contributed by atoms with Crippen LogP contribution >= 0.6 is 0 Å². The van der Waals surface area contributed by atoms with Crippen LogP contribution in [0, 0.1) is 0 Å². The van der Waals surface area contributed by atoms with Crippen molar-refractivity contribution in [2.75, 3.05) is 6.61 Å². The number of ether oxygens (including phenoxy) is 1. The Morgan fingerprint density at radius 3 is 2.16 bits per heavy atom. The molecule has 5 nitrogen and oxygen atoms in total. The first-order valence-corrected chi connectivity index (χ1v) is 7.74. The second-order valence-electron chi connectivity index (χ2n) is 6.74. The number of rotatable bonds is 6. The zero-order chi connectivity index (χ0) is 19.3. The summed E-state index contributed by atoms with van der Waals surface area (Å²) in [5, 5.41) is 5.33. The largest absolute Gasteiger partial charge is 0.411 e. The molecule has 0 aromatic heterocycles. The van der Waals surface area contributed by atoms with Crippen LogP contribution in [-0.2, 0) is 16.1 Å². The van der Waals surface area contributed by atoms with Gasteiger partial charge in [0, 0.05) is 11.1 Å². The lowest BCUT2D eigenvalue weighted by molar-refractivity contribution is -0.176. The van der Waals surface area contributed by atoms with Gasteiger partial charge in [0.05, 0.1) is 6.61 Å². The summed E-state index contributed by atoms with van der Waals surface area (Å²) in [5.74, 6) is -0.752. The maximum atomic E-state index is 12.1. The van der Waals surface area contributed by atoms with Crippen molar-refractivity contribution in [2.45, 2.75) is 52.1 Å². The second-order valence-corrected chi connectivity index (χ2v) is 6.74. The number of carbonyl (C=O) groups excluding carboxylic acids is 2. The first kappa shape index (κ1) is 21.0. The molecule has 0 aliphatic carbocycles. The van der Waals surface area contributed by atoms with Gasteiger partial charge in [-0.3, -0.25) is 9.59 Å². The molecule has 0 aliphatic heterocycles. The maximum Gasteiger partial charge on any atom is 0.411 e. The summed E-state index contributed by atoms with van der Waals surface area (Å²) in [5.41, 5.74) is 0.406. The van der Waals surface area contributed by atoms with Crippen molar-refractivity contribution in [1.29, 1.82) is 0 Å². The van der Waals surface area contributed by atoms with Gasteiger partial charge in [-0.05, 0) is 45.4 Å². The van der Waals surface area contributed by atoms with Crippen molar-refractivity contribution in [3.63, 3.8) is 0 Å². The van der Waals surface area contributed by atoms with Crippen molar-refractivity contribution >= 4 is 11.8 Å². The highest BCUT2D eigenvalue weighted by atomic mass is 19.4. The summed E-state index contributed by atoms with van der Waals surface area (Å²) in [4.78, 5) is 24.1. The van der Waals surface area contributed by atoms with E-state index in [-0.39, 0.29) is 12.5 Å². The Balaban J connectivity index is 2.55. The molecule has 0 spiro atoms. The molecule has 140 valence electrons. The summed E-state index contributed by atoms with van der Waals surface area (Å²) >= 11 is 0. The molecule has 0 heterocycles. The minimum atomic E-state index is -4.37. The van der Waals surface area contributed by atoms with E-state index in [0.717, 1.165) is 0 Å². The number of halogens is 3. The Kier molecular flexibility index (Phi) is 6.98. The first-order chi connectivity index (χ1) is 11.4. The van der Waals surface area contributed by atoms with E-state index >= 15 is 0 Å². The SMILES string of the molecule is CC(NC(=O)c1ccc(COCC(F)(F)F)cc1)C(=O)NC(C)(C)C. The molecule has 0 saturated carbocycles. The van der Waals surface area contributed by atoms with Crippen LogP contribution in [-0.4, -0.2) is 36.2 Å². The Labute approximate surface area is 144 Å². The number of alkyl halides is 3.